The molecule has 1 aliphatic rings. The van der Waals surface area contributed by atoms with Crippen LogP contribution in [0.2, 0.25) is 0 Å². The van der Waals surface area contributed by atoms with Crippen molar-refractivity contribution in [2.24, 2.45) is 0 Å². The molecule has 0 heterocycles. The average molecular weight is 268 g/mol. The highest BCUT2D eigenvalue weighted by molar-refractivity contribution is 4.93. The molecule has 0 unspecified atom stereocenters. The van der Waals surface area contributed by atoms with Gasteiger partial charge in [0.15, 0.2) is 0 Å². The van der Waals surface area contributed by atoms with Crippen LogP contribution in [0.4, 0.5) is 0 Å². The third kappa shape index (κ3) is 5.45. The van der Waals surface area contributed by atoms with Gasteiger partial charge in [-0.15, -0.1) is 0 Å². The summed E-state index contributed by atoms with van der Waals surface area (Å²) in [6.07, 6.45) is 17.1. The van der Waals surface area contributed by atoms with Gasteiger partial charge in [0.1, 0.15) is 0 Å². The van der Waals surface area contributed by atoms with Gasteiger partial charge in [0.25, 0.3) is 0 Å². The average Bonchev–Trinajstić information content (AvgIpc) is 2.46. The van der Waals surface area contributed by atoms with Crippen LogP contribution in [0.1, 0.15) is 97.8 Å². The highest BCUT2D eigenvalue weighted by Gasteiger charge is 2.36. The molecule has 0 aromatic rings. The summed E-state index contributed by atoms with van der Waals surface area (Å²) in [6.45, 7) is 9.70. The minimum atomic E-state index is 0.582. The fourth-order valence-electron chi connectivity index (χ4n) is 3.72. The molecule has 0 radical (unpaired) electrons. The summed E-state index contributed by atoms with van der Waals surface area (Å²) in [6, 6.07) is 0. The molecule has 0 N–H and O–H groups in total. The molecule has 19 heavy (non-hydrogen) atoms. The van der Waals surface area contributed by atoms with Crippen molar-refractivity contribution in [3.05, 3.63) is 0 Å². The Hall–Kier alpha value is -0.0400. The van der Waals surface area contributed by atoms with Crippen LogP contribution in [0.15, 0.2) is 0 Å². The monoisotopic (exact) mass is 267 g/mol. The van der Waals surface area contributed by atoms with Gasteiger partial charge in [-0.2, -0.15) is 0 Å². The first kappa shape index (κ1) is 17.0. The van der Waals surface area contributed by atoms with E-state index in [4.69, 9.17) is 0 Å². The minimum absolute atomic E-state index is 0.582. The maximum atomic E-state index is 2.91. The maximum Gasteiger partial charge on any atom is 0.0209 e. The molecule has 0 aromatic heterocycles. The van der Waals surface area contributed by atoms with Crippen LogP contribution >= 0.6 is 0 Å². The molecule has 0 atom stereocenters. The molecular formula is C18H37N. The summed E-state index contributed by atoms with van der Waals surface area (Å²) in [7, 11) is 0. The lowest BCUT2D eigenvalue weighted by Crippen LogP contribution is -2.50. The van der Waals surface area contributed by atoms with Gasteiger partial charge in [-0.05, 0) is 45.2 Å². The molecule has 1 heteroatoms. The lowest BCUT2D eigenvalue weighted by molar-refractivity contribution is 0.0373. The third-order valence-electron chi connectivity index (χ3n) is 5.01. The predicted molar refractivity (Wildman–Crippen MR) is 86.7 cm³/mol. The molecule has 0 aliphatic heterocycles. The molecule has 1 saturated carbocycles. The summed E-state index contributed by atoms with van der Waals surface area (Å²) in [5.41, 5.74) is 0.582. The highest BCUT2D eigenvalue weighted by atomic mass is 15.2. The molecule has 1 aliphatic carbocycles. The van der Waals surface area contributed by atoms with Crippen LogP contribution in [0.5, 0.6) is 0 Å². The summed E-state index contributed by atoms with van der Waals surface area (Å²) >= 11 is 0. The zero-order chi connectivity index (χ0) is 14.0. The van der Waals surface area contributed by atoms with Gasteiger partial charge in [-0.25, -0.2) is 0 Å². The molecule has 0 spiro atoms. The van der Waals surface area contributed by atoms with Crippen molar-refractivity contribution >= 4 is 0 Å². The zero-order valence-electron chi connectivity index (χ0n) is 13.8. The Morgan fingerprint density at radius 2 is 1.26 bits per heavy atom. The first-order chi connectivity index (χ1) is 9.29. The second-order valence-electron chi connectivity index (χ2n) is 6.58. The van der Waals surface area contributed by atoms with Crippen LogP contribution in [0, 0.1) is 0 Å². The molecular weight excluding hydrogens is 230 g/mol. The van der Waals surface area contributed by atoms with E-state index in [-0.39, 0.29) is 0 Å². The van der Waals surface area contributed by atoms with Gasteiger partial charge >= 0.3 is 0 Å². The van der Waals surface area contributed by atoms with E-state index in [1.165, 1.54) is 90.1 Å². The van der Waals surface area contributed by atoms with Gasteiger partial charge in [0.05, 0.1) is 0 Å². The van der Waals surface area contributed by atoms with Crippen molar-refractivity contribution in [1.82, 2.24) is 4.90 Å². The van der Waals surface area contributed by atoms with E-state index in [9.17, 15) is 0 Å². The largest absolute Gasteiger partial charge is 0.298 e. The number of hydrogen-bond acceptors (Lipinski definition) is 1. The summed E-state index contributed by atoms with van der Waals surface area (Å²) in [4.78, 5) is 2.91. The Bertz CT molecular complexity index is 198. The fourth-order valence-corrected chi connectivity index (χ4v) is 3.72. The minimum Gasteiger partial charge on any atom is -0.298 e. The lowest BCUT2D eigenvalue weighted by Gasteiger charge is -2.47. The van der Waals surface area contributed by atoms with E-state index in [0.29, 0.717) is 5.54 Å². The summed E-state index contributed by atoms with van der Waals surface area (Å²) < 4.78 is 0. The van der Waals surface area contributed by atoms with Crippen LogP contribution in [-0.4, -0.2) is 23.5 Å². The topological polar surface area (TPSA) is 3.24 Å². The fraction of sp³-hybridized carbons (Fsp3) is 1.00. The normalized spacial score (nSPS) is 18.9. The van der Waals surface area contributed by atoms with E-state index < -0.39 is 0 Å². The molecule has 0 saturated heterocycles. The zero-order valence-corrected chi connectivity index (χ0v) is 13.8. The van der Waals surface area contributed by atoms with Crippen molar-refractivity contribution in [1.29, 1.82) is 0 Å². The van der Waals surface area contributed by atoms with E-state index in [1.807, 2.05) is 0 Å². The molecule has 1 rings (SSSR count). The van der Waals surface area contributed by atoms with Crippen LogP contribution in [0.25, 0.3) is 0 Å². The van der Waals surface area contributed by atoms with Crippen molar-refractivity contribution < 1.29 is 0 Å². The first-order valence-corrected chi connectivity index (χ1v) is 9.04. The third-order valence-corrected chi connectivity index (χ3v) is 5.01. The molecule has 0 bridgehead atoms. The predicted octanol–water partition coefficient (Wildman–Crippen LogP) is 5.78. The summed E-state index contributed by atoms with van der Waals surface area (Å²) in [5.74, 6) is 0. The van der Waals surface area contributed by atoms with Crippen LogP contribution in [0.3, 0.4) is 0 Å². The molecule has 0 aromatic carbocycles. The van der Waals surface area contributed by atoms with Gasteiger partial charge in [-0.1, -0.05) is 65.7 Å². The van der Waals surface area contributed by atoms with E-state index in [1.54, 1.807) is 0 Å². The van der Waals surface area contributed by atoms with Gasteiger partial charge in [0.2, 0.25) is 0 Å². The van der Waals surface area contributed by atoms with Crippen molar-refractivity contribution in [2.75, 3.05) is 13.1 Å². The van der Waals surface area contributed by atoms with E-state index >= 15 is 0 Å². The number of unbranched alkanes of at least 4 members (excludes halogenated alkanes) is 3. The maximum absolute atomic E-state index is 2.91. The Morgan fingerprint density at radius 1 is 0.737 bits per heavy atom. The summed E-state index contributed by atoms with van der Waals surface area (Å²) in [5, 5.41) is 0. The van der Waals surface area contributed by atoms with Gasteiger partial charge in [-0.3, -0.25) is 4.90 Å². The second-order valence-corrected chi connectivity index (χ2v) is 6.58. The Labute approximate surface area is 122 Å². The standard InChI is InChI=1S/C18H37N/c1-4-7-13-18(14-11-10-12-15-18)19(16-8-5-2)17-9-6-3/h4-17H2,1-3H3. The van der Waals surface area contributed by atoms with Crippen molar-refractivity contribution in [2.45, 2.75) is 103 Å². The number of nitrogens with zero attached hydrogens (tertiary/aromatic N) is 1. The second kappa shape index (κ2) is 9.80. The Morgan fingerprint density at radius 3 is 1.74 bits per heavy atom. The molecule has 1 nitrogen and oxygen atoms in total. The highest BCUT2D eigenvalue weighted by Crippen LogP contribution is 2.38. The molecule has 0 amide bonds. The van der Waals surface area contributed by atoms with Crippen LogP contribution in [-0.2, 0) is 0 Å². The Kier molecular flexibility index (Phi) is 8.77. The van der Waals surface area contributed by atoms with E-state index in [0.717, 1.165) is 0 Å². The Balaban J connectivity index is 2.68. The smallest absolute Gasteiger partial charge is 0.0209 e. The van der Waals surface area contributed by atoms with E-state index in [2.05, 4.69) is 25.7 Å². The van der Waals surface area contributed by atoms with Gasteiger partial charge in [0, 0.05) is 5.54 Å². The number of rotatable bonds is 10. The lowest BCUT2D eigenvalue weighted by atomic mass is 9.76. The quantitative estimate of drug-likeness (QED) is 0.485. The first-order valence-electron chi connectivity index (χ1n) is 9.04. The van der Waals surface area contributed by atoms with Crippen molar-refractivity contribution in [3.8, 4) is 0 Å². The van der Waals surface area contributed by atoms with Gasteiger partial charge < -0.3 is 0 Å². The number of hydrogen-bond donors (Lipinski definition) is 0. The van der Waals surface area contributed by atoms with Crippen LogP contribution < -0.4 is 0 Å². The molecule has 1 fully saturated rings. The van der Waals surface area contributed by atoms with Crippen molar-refractivity contribution in [3.63, 3.8) is 0 Å². The molecule has 114 valence electrons. The SMILES string of the molecule is CCCCN(CCCC)C1(CCCC)CCCCC1.